The summed E-state index contributed by atoms with van der Waals surface area (Å²) < 4.78 is 32.5. The van der Waals surface area contributed by atoms with E-state index in [9.17, 15) is 13.6 Å². The number of ether oxygens (including phenoxy) is 1. The van der Waals surface area contributed by atoms with Crippen LogP contribution in [0.15, 0.2) is 36.4 Å². The summed E-state index contributed by atoms with van der Waals surface area (Å²) in [5.41, 5.74) is -0.602. The molecule has 98 valence electrons. The Balaban J connectivity index is 2.73. The van der Waals surface area contributed by atoms with Crippen LogP contribution in [0.1, 0.15) is 10.4 Å². The Morgan fingerprint density at radius 2 is 1.74 bits per heavy atom. The summed E-state index contributed by atoms with van der Waals surface area (Å²) in [5, 5.41) is 9.03. The van der Waals surface area contributed by atoms with Crippen molar-refractivity contribution >= 4 is 5.97 Å². The second kappa shape index (κ2) is 5.06. The number of carbonyl (C=O) groups is 1. The molecule has 0 atom stereocenters. The number of benzene rings is 2. The number of hydrogen-bond donors (Lipinski definition) is 1. The molecule has 2 rings (SSSR count). The zero-order valence-corrected chi connectivity index (χ0v) is 9.98. The summed E-state index contributed by atoms with van der Waals surface area (Å²) in [7, 11) is 1.30. The van der Waals surface area contributed by atoms with E-state index in [1.165, 1.54) is 37.4 Å². The van der Waals surface area contributed by atoms with Crippen LogP contribution in [0.25, 0.3) is 11.1 Å². The average Bonchev–Trinajstić information content (AvgIpc) is 2.38. The second-order valence-corrected chi connectivity index (χ2v) is 3.79. The van der Waals surface area contributed by atoms with Gasteiger partial charge in [-0.15, -0.1) is 0 Å². The van der Waals surface area contributed by atoms with Gasteiger partial charge < -0.3 is 9.84 Å². The smallest absolute Gasteiger partial charge is 0.339 e. The number of rotatable bonds is 3. The maximum atomic E-state index is 14.1. The van der Waals surface area contributed by atoms with E-state index in [1.807, 2.05) is 0 Å². The first-order chi connectivity index (χ1) is 9.06. The lowest BCUT2D eigenvalue weighted by atomic mass is 9.98. The molecule has 0 fully saturated rings. The Bertz CT molecular complexity index is 639. The topological polar surface area (TPSA) is 46.5 Å². The molecule has 19 heavy (non-hydrogen) atoms. The highest BCUT2D eigenvalue weighted by Gasteiger charge is 2.20. The molecule has 0 heterocycles. The molecule has 0 amide bonds. The normalized spacial score (nSPS) is 10.3. The molecular formula is C14H10F2O3. The highest BCUT2D eigenvalue weighted by atomic mass is 19.1. The first kappa shape index (κ1) is 13.0. The molecule has 0 aliphatic rings. The van der Waals surface area contributed by atoms with Crippen LogP contribution in [-0.4, -0.2) is 18.2 Å². The van der Waals surface area contributed by atoms with Crippen LogP contribution in [0.4, 0.5) is 8.78 Å². The summed E-state index contributed by atoms with van der Waals surface area (Å²) in [4.78, 5) is 11.1. The second-order valence-electron chi connectivity index (χ2n) is 3.79. The quantitative estimate of drug-likeness (QED) is 0.924. The molecular weight excluding hydrogens is 254 g/mol. The van der Waals surface area contributed by atoms with E-state index >= 15 is 0 Å². The van der Waals surface area contributed by atoms with Gasteiger partial charge in [0.05, 0.1) is 7.11 Å². The van der Waals surface area contributed by atoms with Gasteiger partial charge in [-0.25, -0.2) is 13.6 Å². The molecule has 0 saturated carbocycles. The third-order valence-electron chi connectivity index (χ3n) is 2.70. The number of methoxy groups -OCH3 is 1. The highest BCUT2D eigenvalue weighted by Crippen LogP contribution is 2.32. The predicted octanol–water partition coefficient (Wildman–Crippen LogP) is 3.34. The number of aromatic carboxylic acids is 1. The molecule has 0 bridgehead atoms. The molecule has 2 aromatic carbocycles. The van der Waals surface area contributed by atoms with Crippen LogP contribution in [-0.2, 0) is 0 Å². The van der Waals surface area contributed by atoms with Crippen molar-refractivity contribution in [2.75, 3.05) is 7.11 Å². The molecule has 0 unspecified atom stereocenters. The average molecular weight is 264 g/mol. The van der Waals surface area contributed by atoms with Crippen LogP contribution < -0.4 is 4.74 Å². The molecule has 0 spiro atoms. The monoisotopic (exact) mass is 264 g/mol. The summed E-state index contributed by atoms with van der Waals surface area (Å²) in [6.07, 6.45) is 0. The molecule has 1 N–H and O–H groups in total. The van der Waals surface area contributed by atoms with Gasteiger partial charge in [-0.1, -0.05) is 24.3 Å². The Morgan fingerprint density at radius 3 is 2.37 bits per heavy atom. The van der Waals surface area contributed by atoms with E-state index < -0.39 is 23.2 Å². The lowest BCUT2D eigenvalue weighted by molar-refractivity contribution is 0.0693. The van der Waals surface area contributed by atoms with Crippen molar-refractivity contribution in [1.82, 2.24) is 0 Å². The summed E-state index contributed by atoms with van der Waals surface area (Å²) in [5.74, 6) is -3.11. The molecule has 3 nitrogen and oxygen atoms in total. The summed E-state index contributed by atoms with van der Waals surface area (Å²) in [6.45, 7) is 0. The molecule has 5 heteroatoms. The Hall–Kier alpha value is -2.43. The van der Waals surface area contributed by atoms with Crippen molar-refractivity contribution < 1.29 is 23.4 Å². The Morgan fingerprint density at radius 1 is 1.11 bits per heavy atom. The first-order valence-electron chi connectivity index (χ1n) is 5.41. The number of carboxylic acid groups (broad SMARTS) is 1. The minimum atomic E-state index is -1.45. The van der Waals surface area contributed by atoms with Crippen molar-refractivity contribution in [3.05, 3.63) is 53.6 Å². The van der Waals surface area contributed by atoms with E-state index in [0.29, 0.717) is 0 Å². The molecule has 0 aliphatic heterocycles. The van der Waals surface area contributed by atoms with Gasteiger partial charge in [0.1, 0.15) is 11.4 Å². The first-order valence-corrected chi connectivity index (χ1v) is 5.41. The molecule has 0 radical (unpaired) electrons. The lowest BCUT2D eigenvalue weighted by Gasteiger charge is -2.10. The molecule has 0 aliphatic carbocycles. The molecule has 0 saturated heterocycles. The maximum absolute atomic E-state index is 14.1. The fourth-order valence-electron chi connectivity index (χ4n) is 1.84. The van der Waals surface area contributed by atoms with Crippen molar-refractivity contribution in [2.24, 2.45) is 0 Å². The van der Waals surface area contributed by atoms with Crippen molar-refractivity contribution in [3.8, 4) is 16.9 Å². The number of halogens is 2. The zero-order chi connectivity index (χ0) is 14.0. The van der Waals surface area contributed by atoms with Crippen LogP contribution >= 0.6 is 0 Å². The Kier molecular flexibility index (Phi) is 3.46. The van der Waals surface area contributed by atoms with E-state index in [-0.39, 0.29) is 16.9 Å². The van der Waals surface area contributed by atoms with Gasteiger partial charge in [-0.2, -0.15) is 0 Å². The summed E-state index contributed by atoms with van der Waals surface area (Å²) in [6, 6.07) is 7.98. The van der Waals surface area contributed by atoms with E-state index in [0.717, 1.165) is 6.07 Å². The van der Waals surface area contributed by atoms with Crippen molar-refractivity contribution in [1.29, 1.82) is 0 Å². The largest absolute Gasteiger partial charge is 0.494 e. The van der Waals surface area contributed by atoms with Crippen LogP contribution in [0.3, 0.4) is 0 Å². The zero-order valence-electron chi connectivity index (χ0n) is 9.98. The highest BCUT2D eigenvalue weighted by molar-refractivity contribution is 5.96. The third-order valence-corrected chi connectivity index (χ3v) is 2.70. The van der Waals surface area contributed by atoms with Gasteiger partial charge in [0.25, 0.3) is 0 Å². The SMILES string of the molecule is COc1cccc(-c2cccc(F)c2C(=O)O)c1F. The molecule has 2 aromatic rings. The minimum absolute atomic E-state index is 0.0174. The van der Waals surface area contributed by atoms with Crippen molar-refractivity contribution in [2.45, 2.75) is 0 Å². The van der Waals surface area contributed by atoms with Gasteiger partial charge in [0.15, 0.2) is 11.6 Å². The van der Waals surface area contributed by atoms with Crippen LogP contribution in [0, 0.1) is 11.6 Å². The van der Waals surface area contributed by atoms with Gasteiger partial charge in [0.2, 0.25) is 0 Å². The van der Waals surface area contributed by atoms with Gasteiger partial charge in [-0.3, -0.25) is 0 Å². The number of carboxylic acids is 1. The summed E-state index contributed by atoms with van der Waals surface area (Å²) >= 11 is 0. The standard InChI is InChI=1S/C14H10F2O3/c1-19-11-7-3-5-9(13(11)16)8-4-2-6-10(15)12(8)14(17)18/h2-7H,1H3,(H,17,18). The van der Waals surface area contributed by atoms with Gasteiger partial charge in [-0.05, 0) is 12.1 Å². The minimum Gasteiger partial charge on any atom is -0.494 e. The van der Waals surface area contributed by atoms with Gasteiger partial charge >= 0.3 is 5.97 Å². The fraction of sp³-hybridized carbons (Fsp3) is 0.0714. The van der Waals surface area contributed by atoms with E-state index in [4.69, 9.17) is 9.84 Å². The predicted molar refractivity (Wildman–Crippen MR) is 65.3 cm³/mol. The number of hydrogen-bond acceptors (Lipinski definition) is 2. The Labute approximate surface area is 108 Å². The lowest BCUT2D eigenvalue weighted by Crippen LogP contribution is -2.04. The molecule has 0 aromatic heterocycles. The third kappa shape index (κ3) is 2.27. The van der Waals surface area contributed by atoms with Crippen molar-refractivity contribution in [3.63, 3.8) is 0 Å². The fourth-order valence-corrected chi connectivity index (χ4v) is 1.84. The van der Waals surface area contributed by atoms with E-state index in [1.54, 1.807) is 0 Å². The van der Waals surface area contributed by atoms with Gasteiger partial charge in [0, 0.05) is 11.1 Å². The van der Waals surface area contributed by atoms with Crippen LogP contribution in [0.5, 0.6) is 5.75 Å². The van der Waals surface area contributed by atoms with E-state index in [2.05, 4.69) is 0 Å². The van der Waals surface area contributed by atoms with Crippen LogP contribution in [0.2, 0.25) is 0 Å². The maximum Gasteiger partial charge on any atom is 0.339 e.